The zero-order valence-electron chi connectivity index (χ0n) is 26.4. The minimum Gasteiger partial charge on any atom is -0.483 e. The highest BCUT2D eigenvalue weighted by atomic mass is 19.3. The number of aliphatic carboxylic acids is 1. The second-order valence-corrected chi connectivity index (χ2v) is 11.2. The van der Waals surface area contributed by atoms with E-state index in [0.717, 1.165) is 0 Å². The molecule has 0 radical (unpaired) electrons. The van der Waals surface area contributed by atoms with Crippen molar-refractivity contribution in [1.29, 1.82) is 0 Å². The number of fused-ring (bicyclic) bond motifs is 1. The summed E-state index contributed by atoms with van der Waals surface area (Å²) in [6.07, 6.45) is -3.02. The predicted octanol–water partition coefficient (Wildman–Crippen LogP) is 1.25. The van der Waals surface area contributed by atoms with Gasteiger partial charge in [0.25, 0.3) is 18.2 Å². The summed E-state index contributed by atoms with van der Waals surface area (Å²) in [4.78, 5) is 84.3. The third kappa shape index (κ3) is 9.25. The highest BCUT2D eigenvalue weighted by Gasteiger charge is 2.35. The molecule has 2 atom stereocenters. The van der Waals surface area contributed by atoms with Crippen molar-refractivity contribution in [1.82, 2.24) is 30.3 Å². The highest BCUT2D eigenvalue weighted by Crippen LogP contribution is 2.26. The number of ether oxygens (including phenoxy) is 2. The number of benzene rings is 1. The third-order valence-electron chi connectivity index (χ3n) is 7.94. The summed E-state index contributed by atoms with van der Waals surface area (Å²) >= 11 is 0. The van der Waals surface area contributed by atoms with Crippen LogP contribution in [-0.4, -0.2) is 131 Å². The Hall–Kier alpha value is -5.09. The van der Waals surface area contributed by atoms with Crippen LogP contribution in [0.25, 0.3) is 10.9 Å². The second kappa shape index (κ2) is 16.6. The first kappa shape index (κ1) is 35.8. The molecule has 2 aliphatic heterocycles. The molecule has 260 valence electrons. The van der Waals surface area contributed by atoms with Crippen molar-refractivity contribution in [3.8, 4) is 5.75 Å². The number of pyridine rings is 1. The molecule has 5 amide bonds. The summed E-state index contributed by atoms with van der Waals surface area (Å²) in [6, 6.07) is 5.81. The van der Waals surface area contributed by atoms with Gasteiger partial charge in [0.15, 0.2) is 6.61 Å². The number of carboxylic acids is 1. The Labute approximate surface area is 274 Å². The minimum absolute atomic E-state index is 0.112. The molecule has 0 spiro atoms. The van der Waals surface area contributed by atoms with E-state index in [1.165, 1.54) is 20.8 Å². The molecule has 2 fully saturated rings. The maximum Gasteiger partial charge on any atom is 0.409 e. The van der Waals surface area contributed by atoms with Gasteiger partial charge in [-0.2, -0.15) is 0 Å². The molecule has 15 nitrogen and oxygen atoms in total. The number of alkyl halides is 2. The summed E-state index contributed by atoms with van der Waals surface area (Å²) in [5.74, 6) is -3.60. The van der Waals surface area contributed by atoms with Crippen LogP contribution in [0.5, 0.6) is 5.75 Å². The van der Waals surface area contributed by atoms with Crippen LogP contribution in [0.2, 0.25) is 0 Å². The Kier molecular flexibility index (Phi) is 12.4. The van der Waals surface area contributed by atoms with Crippen LogP contribution in [-0.2, 0) is 23.9 Å². The first-order chi connectivity index (χ1) is 23.0. The van der Waals surface area contributed by atoms with Crippen molar-refractivity contribution in [3.63, 3.8) is 0 Å². The van der Waals surface area contributed by atoms with Gasteiger partial charge in [0.05, 0.1) is 18.7 Å². The van der Waals surface area contributed by atoms with Crippen LogP contribution >= 0.6 is 0 Å². The molecule has 17 heteroatoms. The lowest BCUT2D eigenvalue weighted by Gasteiger charge is -2.35. The SMILES string of the molecule is CCOC(=O)N1CCN(C(=O)C(CCC(=O)O)NC(=O)c2cc(OCC(=O)N3CCCC3C(=O)NCC(F)F)c3ccccc3n2)CC1. The molecule has 4 rings (SSSR count). The van der Waals surface area contributed by atoms with E-state index in [4.69, 9.17) is 9.47 Å². The number of nitrogens with zero attached hydrogens (tertiary/aromatic N) is 4. The van der Waals surface area contributed by atoms with Gasteiger partial charge in [-0.05, 0) is 38.3 Å². The van der Waals surface area contributed by atoms with E-state index in [0.29, 0.717) is 23.7 Å². The van der Waals surface area contributed by atoms with Crippen molar-refractivity contribution < 1.29 is 52.1 Å². The van der Waals surface area contributed by atoms with E-state index in [9.17, 15) is 42.7 Å². The van der Waals surface area contributed by atoms with Gasteiger partial charge in [0, 0.05) is 50.6 Å². The molecular weight excluding hydrogens is 638 g/mol. The van der Waals surface area contributed by atoms with E-state index < -0.39 is 73.8 Å². The molecule has 1 aromatic carbocycles. The van der Waals surface area contributed by atoms with E-state index in [-0.39, 0.29) is 57.2 Å². The molecule has 0 aliphatic carbocycles. The van der Waals surface area contributed by atoms with Crippen LogP contribution in [0.3, 0.4) is 0 Å². The predicted molar refractivity (Wildman–Crippen MR) is 164 cm³/mol. The van der Waals surface area contributed by atoms with Gasteiger partial charge in [0.2, 0.25) is 11.8 Å². The topological polar surface area (TPSA) is 188 Å². The first-order valence-electron chi connectivity index (χ1n) is 15.6. The molecule has 2 saturated heterocycles. The standard InChI is InChI=1S/C31H38F2N6O9/c1-2-47-31(46)38-14-12-37(13-15-38)30(45)21(9-10-27(41)42)36-28(43)22-16-24(19-6-3-4-7-20(19)35-22)48-18-26(40)39-11-5-8-23(39)29(44)34-17-25(32)33/h3-4,6-7,16,21,23,25H,2,5,8-15,17-18H2,1H3,(H,34,44)(H,36,43)(H,41,42). The second-order valence-electron chi connectivity index (χ2n) is 11.2. The maximum absolute atomic E-state index is 13.5. The van der Waals surface area contributed by atoms with Crippen LogP contribution in [0, 0.1) is 0 Å². The van der Waals surface area contributed by atoms with Crippen LogP contribution in [0.1, 0.15) is 43.1 Å². The number of likely N-dealkylation sites (tertiary alicyclic amines) is 1. The highest BCUT2D eigenvalue weighted by molar-refractivity contribution is 5.99. The number of halogens is 2. The zero-order chi connectivity index (χ0) is 34.8. The molecule has 2 aliphatic rings. The van der Waals surface area contributed by atoms with Crippen LogP contribution < -0.4 is 15.4 Å². The zero-order valence-corrected chi connectivity index (χ0v) is 26.4. The average molecular weight is 677 g/mol. The molecule has 0 bridgehead atoms. The van der Waals surface area contributed by atoms with Crippen molar-refractivity contribution in [2.24, 2.45) is 0 Å². The van der Waals surface area contributed by atoms with Crippen molar-refractivity contribution in [2.75, 3.05) is 52.5 Å². The third-order valence-corrected chi connectivity index (χ3v) is 7.94. The molecule has 2 aromatic rings. The largest absolute Gasteiger partial charge is 0.483 e. The number of hydrogen-bond donors (Lipinski definition) is 3. The summed E-state index contributed by atoms with van der Waals surface area (Å²) in [5, 5.41) is 14.5. The fourth-order valence-electron chi connectivity index (χ4n) is 5.54. The molecule has 2 unspecified atom stereocenters. The fourth-order valence-corrected chi connectivity index (χ4v) is 5.54. The first-order valence-corrected chi connectivity index (χ1v) is 15.6. The molecular formula is C31H38F2N6O9. The van der Waals surface area contributed by atoms with E-state index >= 15 is 0 Å². The van der Waals surface area contributed by atoms with Crippen molar-refractivity contribution >= 4 is 46.6 Å². The number of para-hydroxylation sites is 1. The van der Waals surface area contributed by atoms with Crippen LogP contribution in [0.4, 0.5) is 13.6 Å². The summed E-state index contributed by atoms with van der Waals surface area (Å²) in [6.45, 7) is 1.50. The lowest BCUT2D eigenvalue weighted by molar-refractivity contribution is -0.140. The normalized spacial score (nSPS) is 16.8. The number of rotatable bonds is 13. The Balaban J connectivity index is 1.47. The molecule has 3 heterocycles. The van der Waals surface area contributed by atoms with Gasteiger partial charge in [0.1, 0.15) is 23.5 Å². The van der Waals surface area contributed by atoms with Gasteiger partial charge in [-0.25, -0.2) is 18.6 Å². The monoisotopic (exact) mass is 676 g/mol. The number of nitrogens with one attached hydrogen (secondary N) is 2. The number of aromatic nitrogens is 1. The average Bonchev–Trinajstić information content (AvgIpc) is 3.58. The Bertz CT molecular complexity index is 1520. The summed E-state index contributed by atoms with van der Waals surface area (Å²) in [7, 11) is 0. The van der Waals surface area contributed by atoms with Gasteiger partial charge in [-0.1, -0.05) is 12.1 Å². The fraction of sp³-hybridized carbons (Fsp3) is 0.516. The lowest BCUT2D eigenvalue weighted by atomic mass is 10.1. The Morgan fingerprint density at radius 1 is 1.04 bits per heavy atom. The number of piperazine rings is 1. The number of amides is 5. The van der Waals surface area contributed by atoms with Crippen LogP contribution in [0.15, 0.2) is 30.3 Å². The molecule has 48 heavy (non-hydrogen) atoms. The lowest BCUT2D eigenvalue weighted by Crippen LogP contribution is -2.56. The van der Waals surface area contributed by atoms with Gasteiger partial charge in [-0.15, -0.1) is 0 Å². The van der Waals surface area contributed by atoms with Gasteiger partial charge >= 0.3 is 12.1 Å². The quantitative estimate of drug-likeness (QED) is 0.279. The van der Waals surface area contributed by atoms with E-state index in [1.807, 2.05) is 0 Å². The molecule has 0 saturated carbocycles. The van der Waals surface area contributed by atoms with Crippen molar-refractivity contribution in [2.45, 2.75) is 51.1 Å². The number of carbonyl (C=O) groups excluding carboxylic acids is 5. The van der Waals surface area contributed by atoms with Gasteiger partial charge < -0.3 is 39.9 Å². The van der Waals surface area contributed by atoms with E-state index in [1.54, 1.807) is 31.2 Å². The molecule has 3 N–H and O–H groups in total. The van der Waals surface area contributed by atoms with E-state index in [2.05, 4.69) is 15.6 Å². The number of carboxylic acid groups (broad SMARTS) is 1. The number of hydrogen-bond acceptors (Lipinski definition) is 9. The Morgan fingerprint density at radius 3 is 2.44 bits per heavy atom. The van der Waals surface area contributed by atoms with Crippen molar-refractivity contribution in [3.05, 3.63) is 36.0 Å². The van der Waals surface area contributed by atoms with Gasteiger partial charge in [-0.3, -0.25) is 24.0 Å². The smallest absolute Gasteiger partial charge is 0.409 e. The maximum atomic E-state index is 13.5. The minimum atomic E-state index is -2.73. The number of carbonyl (C=O) groups is 6. The summed E-state index contributed by atoms with van der Waals surface area (Å²) in [5.41, 5.74) is 0.170. The summed E-state index contributed by atoms with van der Waals surface area (Å²) < 4.78 is 36.0. The Morgan fingerprint density at radius 2 is 1.75 bits per heavy atom. The molecule has 1 aromatic heterocycles.